The van der Waals surface area contributed by atoms with Crippen molar-refractivity contribution < 1.29 is 4.74 Å². The lowest BCUT2D eigenvalue weighted by atomic mass is 10.2. The molecule has 0 amide bonds. The number of aliphatic imine (C=N–C) groups is 2. The smallest absolute Gasteiger partial charge is 0.222 e. The van der Waals surface area contributed by atoms with Crippen LogP contribution in [0.5, 0.6) is 5.75 Å². The largest absolute Gasteiger partial charge is 0.494 e. The van der Waals surface area contributed by atoms with Gasteiger partial charge >= 0.3 is 0 Å². The van der Waals surface area contributed by atoms with Crippen molar-refractivity contribution in [2.45, 2.75) is 26.1 Å². The molecule has 2 aromatic carbocycles. The fraction of sp³-hybridized carbons (Fsp3) is 0.333. The first-order valence-electron chi connectivity index (χ1n) is 9.75. The van der Waals surface area contributed by atoms with Crippen LogP contribution >= 0.6 is 12.4 Å². The topological polar surface area (TPSA) is 78.5 Å². The van der Waals surface area contributed by atoms with Gasteiger partial charge in [-0.15, -0.1) is 12.4 Å². The molecule has 2 aliphatic rings. The molecule has 7 nitrogen and oxygen atoms in total. The van der Waals surface area contributed by atoms with Gasteiger partial charge in [0.05, 0.1) is 6.61 Å². The number of benzene rings is 2. The normalized spacial score (nSPS) is 18.6. The Balaban J connectivity index is 0.00000240. The molecule has 0 saturated carbocycles. The summed E-state index contributed by atoms with van der Waals surface area (Å²) in [6.45, 7) is 4.58. The van der Waals surface area contributed by atoms with Crippen LogP contribution in [0, 0.1) is 0 Å². The Morgan fingerprint density at radius 1 is 1.07 bits per heavy atom. The number of anilines is 2. The van der Waals surface area contributed by atoms with E-state index in [0.29, 0.717) is 6.61 Å². The molecule has 1 unspecified atom stereocenters. The summed E-state index contributed by atoms with van der Waals surface area (Å²) in [7, 11) is 0. The molecule has 2 heterocycles. The molecule has 29 heavy (non-hydrogen) atoms. The maximum Gasteiger partial charge on any atom is 0.222 e. The SMILES string of the molecule is CCOc1ccc(NC2N=C(N)N=C(N3CCCC3)N2c2ccccc2)cc1.Cl. The van der Waals surface area contributed by atoms with Gasteiger partial charge < -0.3 is 20.7 Å². The average Bonchev–Trinajstić information content (AvgIpc) is 3.25. The zero-order chi connectivity index (χ0) is 19.3. The molecular formula is C21H27ClN6O. The summed E-state index contributed by atoms with van der Waals surface area (Å²) in [5.41, 5.74) is 8.05. The summed E-state index contributed by atoms with van der Waals surface area (Å²) in [4.78, 5) is 13.6. The molecule has 1 fully saturated rings. The summed E-state index contributed by atoms with van der Waals surface area (Å²) in [5.74, 6) is 1.98. The van der Waals surface area contributed by atoms with Crippen LogP contribution in [0.1, 0.15) is 19.8 Å². The lowest BCUT2D eigenvalue weighted by molar-refractivity contribution is 0.340. The van der Waals surface area contributed by atoms with Gasteiger partial charge in [0, 0.05) is 24.5 Å². The Morgan fingerprint density at radius 2 is 1.76 bits per heavy atom. The maximum absolute atomic E-state index is 6.09. The number of nitrogens with two attached hydrogens (primary N) is 1. The van der Waals surface area contributed by atoms with E-state index in [1.54, 1.807) is 0 Å². The first-order chi connectivity index (χ1) is 13.7. The zero-order valence-corrected chi connectivity index (χ0v) is 17.3. The number of likely N-dealkylation sites (tertiary alicyclic amines) is 1. The van der Waals surface area contributed by atoms with Gasteiger partial charge in [-0.1, -0.05) is 18.2 Å². The van der Waals surface area contributed by atoms with E-state index in [4.69, 9.17) is 10.5 Å². The Kier molecular flexibility index (Phi) is 6.82. The van der Waals surface area contributed by atoms with Crippen molar-refractivity contribution in [2.24, 2.45) is 15.7 Å². The summed E-state index contributed by atoms with van der Waals surface area (Å²) < 4.78 is 5.53. The lowest BCUT2D eigenvalue weighted by Gasteiger charge is -2.38. The summed E-state index contributed by atoms with van der Waals surface area (Å²) >= 11 is 0. The minimum Gasteiger partial charge on any atom is -0.494 e. The van der Waals surface area contributed by atoms with Crippen molar-refractivity contribution in [2.75, 3.05) is 29.9 Å². The Hall–Kier alpha value is -2.93. The third-order valence-corrected chi connectivity index (χ3v) is 4.81. The number of para-hydroxylation sites is 1. The van der Waals surface area contributed by atoms with Crippen LogP contribution in [0.15, 0.2) is 64.6 Å². The predicted octanol–water partition coefficient (Wildman–Crippen LogP) is 3.49. The molecule has 0 radical (unpaired) electrons. The molecule has 0 aromatic heterocycles. The quantitative estimate of drug-likeness (QED) is 0.782. The molecule has 2 aliphatic heterocycles. The van der Waals surface area contributed by atoms with Gasteiger partial charge in [0.1, 0.15) is 5.75 Å². The Bertz CT molecular complexity index is 849. The Labute approximate surface area is 177 Å². The summed E-state index contributed by atoms with van der Waals surface area (Å²) in [6, 6.07) is 18.0. The number of halogens is 1. The molecule has 0 bridgehead atoms. The number of hydrogen-bond acceptors (Lipinski definition) is 7. The van der Waals surface area contributed by atoms with Crippen molar-refractivity contribution in [3.8, 4) is 5.75 Å². The number of guanidine groups is 2. The third-order valence-electron chi connectivity index (χ3n) is 4.81. The van der Waals surface area contributed by atoms with E-state index in [2.05, 4.69) is 37.2 Å². The van der Waals surface area contributed by atoms with E-state index in [1.165, 1.54) is 0 Å². The second-order valence-electron chi connectivity index (χ2n) is 6.77. The highest BCUT2D eigenvalue weighted by Crippen LogP contribution is 2.26. The number of hydrogen-bond donors (Lipinski definition) is 2. The number of nitrogens with zero attached hydrogens (tertiary/aromatic N) is 4. The number of ether oxygens (including phenoxy) is 1. The van der Waals surface area contributed by atoms with E-state index in [0.717, 1.165) is 49.0 Å². The monoisotopic (exact) mass is 414 g/mol. The van der Waals surface area contributed by atoms with Gasteiger partial charge in [-0.25, -0.2) is 4.99 Å². The van der Waals surface area contributed by atoms with E-state index in [9.17, 15) is 0 Å². The highest BCUT2D eigenvalue weighted by atomic mass is 35.5. The second kappa shape index (κ2) is 9.52. The molecule has 3 N–H and O–H groups in total. The summed E-state index contributed by atoms with van der Waals surface area (Å²) in [5, 5.41) is 3.48. The van der Waals surface area contributed by atoms with Crippen LogP contribution in [0.2, 0.25) is 0 Å². The van der Waals surface area contributed by atoms with Crippen LogP contribution in [0.4, 0.5) is 11.4 Å². The van der Waals surface area contributed by atoms with Crippen LogP contribution in [-0.4, -0.2) is 42.8 Å². The van der Waals surface area contributed by atoms with Gasteiger partial charge in [-0.05, 0) is 56.2 Å². The molecule has 8 heteroatoms. The van der Waals surface area contributed by atoms with Gasteiger partial charge in [0.2, 0.25) is 18.2 Å². The van der Waals surface area contributed by atoms with Crippen molar-refractivity contribution in [3.63, 3.8) is 0 Å². The van der Waals surface area contributed by atoms with Crippen LogP contribution in [-0.2, 0) is 0 Å². The lowest BCUT2D eigenvalue weighted by Crippen LogP contribution is -2.54. The van der Waals surface area contributed by atoms with E-state index in [1.807, 2.05) is 49.4 Å². The molecular weight excluding hydrogens is 388 g/mol. The van der Waals surface area contributed by atoms with Crippen molar-refractivity contribution in [1.82, 2.24) is 4.90 Å². The molecule has 4 rings (SSSR count). The second-order valence-corrected chi connectivity index (χ2v) is 6.77. The number of nitrogens with one attached hydrogen (secondary N) is 1. The predicted molar refractivity (Wildman–Crippen MR) is 121 cm³/mol. The van der Waals surface area contributed by atoms with Crippen molar-refractivity contribution in [1.29, 1.82) is 0 Å². The Morgan fingerprint density at radius 3 is 2.41 bits per heavy atom. The third kappa shape index (κ3) is 4.74. The first kappa shape index (κ1) is 20.8. The standard InChI is InChI=1S/C21H26N6O.ClH/c1-2-28-18-12-10-16(11-13-18)23-20-24-19(22)25-21(26-14-6-7-15-26)27(20)17-8-4-3-5-9-17;/h3-5,8-13,20,23H,2,6-7,14-15H2,1H3,(H2,22,24);1H. The van der Waals surface area contributed by atoms with E-state index < -0.39 is 0 Å². The molecule has 2 aromatic rings. The van der Waals surface area contributed by atoms with Crippen LogP contribution in [0.3, 0.4) is 0 Å². The molecule has 154 valence electrons. The number of rotatable bonds is 5. The van der Waals surface area contributed by atoms with Crippen molar-refractivity contribution >= 4 is 35.7 Å². The van der Waals surface area contributed by atoms with Gasteiger partial charge in [0.15, 0.2) is 0 Å². The van der Waals surface area contributed by atoms with Crippen LogP contribution < -0.4 is 20.7 Å². The maximum atomic E-state index is 6.09. The molecule has 1 saturated heterocycles. The minimum absolute atomic E-state index is 0. The molecule has 1 atom stereocenters. The molecule has 0 aliphatic carbocycles. The fourth-order valence-corrected chi connectivity index (χ4v) is 3.52. The summed E-state index contributed by atoms with van der Waals surface area (Å²) in [6.07, 6.45) is 1.94. The van der Waals surface area contributed by atoms with Gasteiger partial charge in [-0.3, -0.25) is 4.90 Å². The zero-order valence-electron chi connectivity index (χ0n) is 16.5. The minimum atomic E-state index is -0.381. The van der Waals surface area contributed by atoms with E-state index in [-0.39, 0.29) is 24.7 Å². The van der Waals surface area contributed by atoms with Gasteiger partial charge in [0.25, 0.3) is 0 Å². The average molecular weight is 415 g/mol. The van der Waals surface area contributed by atoms with Crippen LogP contribution in [0.25, 0.3) is 0 Å². The molecule has 0 spiro atoms. The first-order valence-corrected chi connectivity index (χ1v) is 9.75. The fourth-order valence-electron chi connectivity index (χ4n) is 3.52. The highest BCUT2D eigenvalue weighted by Gasteiger charge is 2.32. The van der Waals surface area contributed by atoms with Gasteiger partial charge in [-0.2, -0.15) is 4.99 Å². The van der Waals surface area contributed by atoms with E-state index >= 15 is 0 Å². The van der Waals surface area contributed by atoms with Crippen molar-refractivity contribution in [3.05, 3.63) is 54.6 Å². The highest BCUT2D eigenvalue weighted by molar-refractivity contribution is 6.06.